The number of hydrogen-bond donors (Lipinski definition) is 1. The van der Waals surface area contributed by atoms with Crippen molar-refractivity contribution in [1.29, 1.82) is 0 Å². The first-order chi connectivity index (χ1) is 20.5. The van der Waals surface area contributed by atoms with Crippen molar-refractivity contribution in [3.05, 3.63) is 74.2 Å². The van der Waals surface area contributed by atoms with Gasteiger partial charge in [0.1, 0.15) is 12.0 Å². The minimum atomic E-state index is -0.926. The van der Waals surface area contributed by atoms with Gasteiger partial charge in [-0.05, 0) is 106 Å². The quantitative estimate of drug-likeness (QED) is 0.258. The van der Waals surface area contributed by atoms with Crippen LogP contribution in [0.2, 0.25) is 5.02 Å². The summed E-state index contributed by atoms with van der Waals surface area (Å²) in [4.78, 5) is 27.9. The third-order valence-corrected chi connectivity index (χ3v) is 12.1. The number of aryl methyl sites for hydroxylation is 1. The van der Waals surface area contributed by atoms with Crippen molar-refractivity contribution in [2.24, 2.45) is 22.7 Å². The van der Waals surface area contributed by atoms with Gasteiger partial charge < -0.3 is 19.3 Å². The van der Waals surface area contributed by atoms with Gasteiger partial charge in [-0.15, -0.1) is 0 Å². The molecule has 1 aromatic carbocycles. The van der Waals surface area contributed by atoms with Gasteiger partial charge in [-0.25, -0.2) is 0 Å². The van der Waals surface area contributed by atoms with E-state index in [9.17, 15) is 14.7 Å². The molecular weight excluding hydrogens is 564 g/mol. The van der Waals surface area contributed by atoms with Crippen LogP contribution in [0, 0.1) is 29.6 Å². The number of Topliss-reactive ketones (excluding diaryl/α,β-unsaturated/α-hetero) is 1. The second-order valence-corrected chi connectivity index (χ2v) is 14.4. The number of ketones is 1. The lowest BCUT2D eigenvalue weighted by molar-refractivity contribution is -0.127. The average Bonchev–Trinajstić information content (AvgIpc) is 3.79. The standard InChI is InChI=1S/C36H41ClO6/c1-18-6-7-22(37)14-25(18)31-33(39)32-27-9-11-29(43-27)36(32,34(31)40)15-21-13-24(41-5)12-19(2)30(21)26(17-38)20(3)35(4)16-23-8-10-28(35)42-23/h6-7,12,14,17,21,23,27-29,32,39H,8-11,13,15-16H2,1-5H3/b26-20+/t21?,23-,27+,28+,29-,32-,35+,36-/m0/s1. The van der Waals surface area contributed by atoms with Crippen LogP contribution in [0.3, 0.4) is 0 Å². The van der Waals surface area contributed by atoms with Crippen LogP contribution >= 0.6 is 11.6 Å². The first-order valence-corrected chi connectivity index (χ1v) is 16.1. The van der Waals surface area contributed by atoms with Gasteiger partial charge in [0, 0.05) is 22.4 Å². The Morgan fingerprint density at radius 1 is 1.16 bits per heavy atom. The maximum absolute atomic E-state index is 14.8. The summed E-state index contributed by atoms with van der Waals surface area (Å²) >= 11 is 6.39. The molecule has 0 amide bonds. The van der Waals surface area contributed by atoms with Gasteiger partial charge in [-0.1, -0.05) is 30.2 Å². The van der Waals surface area contributed by atoms with E-state index in [4.69, 9.17) is 25.8 Å². The fraction of sp³-hybridized carbons (Fsp3) is 0.556. The minimum Gasteiger partial charge on any atom is -0.511 e. The normalized spacial score (nSPS) is 38.6. The molecule has 0 spiro atoms. The van der Waals surface area contributed by atoms with Gasteiger partial charge in [0.25, 0.3) is 0 Å². The zero-order valence-corrected chi connectivity index (χ0v) is 26.4. The third kappa shape index (κ3) is 4.05. The van der Waals surface area contributed by atoms with Crippen LogP contribution in [0.5, 0.6) is 0 Å². The summed E-state index contributed by atoms with van der Waals surface area (Å²) in [5.74, 6) is 0.290. The number of carbonyl (C=O) groups is 2. The number of carbonyl (C=O) groups excluding carboxylic acids is 2. The summed E-state index contributed by atoms with van der Waals surface area (Å²) < 4.78 is 18.5. The topological polar surface area (TPSA) is 82.1 Å². The number of aldehydes is 1. The van der Waals surface area contributed by atoms with Gasteiger partial charge in [-0.3, -0.25) is 9.59 Å². The van der Waals surface area contributed by atoms with Gasteiger partial charge in [0.05, 0.1) is 54.2 Å². The highest BCUT2D eigenvalue weighted by Gasteiger charge is 2.69. The molecule has 7 rings (SSSR count). The van der Waals surface area contributed by atoms with E-state index in [0.29, 0.717) is 29.0 Å². The van der Waals surface area contributed by atoms with Crippen LogP contribution in [-0.2, 0) is 23.8 Å². The largest absolute Gasteiger partial charge is 0.511 e. The molecular formula is C36H41ClO6. The molecule has 0 saturated carbocycles. The molecule has 1 aromatic rings. The number of fused-ring (bicyclic) bond motifs is 7. The molecule has 4 aliphatic heterocycles. The van der Waals surface area contributed by atoms with Crippen molar-refractivity contribution in [2.75, 3.05) is 7.11 Å². The lowest BCUT2D eigenvalue weighted by atomic mass is 9.59. The van der Waals surface area contributed by atoms with E-state index in [2.05, 4.69) is 13.8 Å². The Bertz CT molecular complexity index is 1550. The van der Waals surface area contributed by atoms with Crippen molar-refractivity contribution in [3.63, 3.8) is 0 Å². The Kier molecular flexibility index (Phi) is 6.88. The minimum absolute atomic E-state index is 0.0695. The number of allylic oxidation sites excluding steroid dienone is 6. The Labute approximate surface area is 258 Å². The van der Waals surface area contributed by atoms with Crippen LogP contribution in [0.25, 0.3) is 5.57 Å². The lowest BCUT2D eigenvalue weighted by Gasteiger charge is -2.41. The SMILES string of the molecule is COC1=CC(C)=C(/C(C=O)=C(\C)[C@@]2(C)C[C@@H]3CC[C@H]2O3)C(C[C@@]23C(=O)C(c4cc(Cl)ccc4C)=C(O)[C@@H]2[C@H]2CC[C@@H]3O2)C1. The van der Waals surface area contributed by atoms with E-state index >= 15 is 0 Å². The Balaban J connectivity index is 1.33. The average molecular weight is 605 g/mol. The predicted octanol–water partition coefficient (Wildman–Crippen LogP) is 7.39. The summed E-state index contributed by atoms with van der Waals surface area (Å²) in [5, 5.41) is 12.3. The Morgan fingerprint density at radius 3 is 2.60 bits per heavy atom. The zero-order chi connectivity index (χ0) is 30.4. The first kappa shape index (κ1) is 29.1. The van der Waals surface area contributed by atoms with Crippen LogP contribution in [0.4, 0.5) is 0 Å². The molecule has 1 unspecified atom stereocenters. The molecule has 4 heterocycles. The second kappa shape index (κ2) is 10.2. The van der Waals surface area contributed by atoms with E-state index in [0.717, 1.165) is 72.0 Å². The summed E-state index contributed by atoms with van der Waals surface area (Å²) in [7, 11) is 1.67. The molecule has 0 aromatic heterocycles. The van der Waals surface area contributed by atoms with E-state index in [1.807, 2.05) is 26.0 Å². The molecule has 8 atom stereocenters. The number of aliphatic hydroxyl groups is 1. The smallest absolute Gasteiger partial charge is 0.176 e. The molecule has 6 nitrogen and oxygen atoms in total. The molecule has 4 saturated heterocycles. The van der Waals surface area contributed by atoms with E-state index in [-0.39, 0.29) is 47.3 Å². The molecule has 2 aliphatic carbocycles. The number of ether oxygens (including phenoxy) is 3. The third-order valence-electron chi connectivity index (χ3n) is 11.9. The highest BCUT2D eigenvalue weighted by atomic mass is 35.5. The number of methoxy groups -OCH3 is 1. The van der Waals surface area contributed by atoms with Crippen molar-refractivity contribution < 1.29 is 28.9 Å². The number of hydrogen-bond acceptors (Lipinski definition) is 6. The second-order valence-electron chi connectivity index (χ2n) is 13.9. The summed E-state index contributed by atoms with van der Waals surface area (Å²) in [6, 6.07) is 5.48. The Morgan fingerprint density at radius 2 is 1.93 bits per heavy atom. The van der Waals surface area contributed by atoms with Gasteiger partial charge in [-0.2, -0.15) is 0 Å². The van der Waals surface area contributed by atoms with Crippen molar-refractivity contribution in [3.8, 4) is 0 Å². The van der Waals surface area contributed by atoms with E-state index < -0.39 is 11.3 Å². The Hall–Kier alpha value is -2.67. The lowest BCUT2D eigenvalue weighted by Crippen LogP contribution is -2.45. The number of rotatable bonds is 7. The summed E-state index contributed by atoms with van der Waals surface area (Å²) in [6.07, 6.45) is 8.51. The molecule has 0 radical (unpaired) electrons. The number of halogens is 1. The van der Waals surface area contributed by atoms with Gasteiger partial charge in [0.15, 0.2) is 5.78 Å². The summed E-state index contributed by atoms with van der Waals surface area (Å²) in [6.45, 7) is 8.31. The van der Waals surface area contributed by atoms with Crippen molar-refractivity contribution >= 4 is 29.2 Å². The van der Waals surface area contributed by atoms with Crippen molar-refractivity contribution in [2.45, 2.75) is 97.1 Å². The first-order valence-electron chi connectivity index (χ1n) is 15.7. The molecule has 43 heavy (non-hydrogen) atoms. The highest BCUT2D eigenvalue weighted by molar-refractivity contribution is 6.32. The molecule has 7 heteroatoms. The van der Waals surface area contributed by atoms with Crippen LogP contribution in [0.1, 0.15) is 76.8 Å². The fourth-order valence-corrected chi connectivity index (χ4v) is 9.86. The van der Waals surface area contributed by atoms with Crippen molar-refractivity contribution in [1.82, 2.24) is 0 Å². The van der Waals surface area contributed by atoms with Crippen LogP contribution in [0.15, 0.2) is 58.1 Å². The number of aliphatic hydroxyl groups excluding tert-OH is 1. The molecule has 1 N–H and O–H groups in total. The maximum Gasteiger partial charge on any atom is 0.176 e. The van der Waals surface area contributed by atoms with Gasteiger partial charge >= 0.3 is 0 Å². The monoisotopic (exact) mass is 604 g/mol. The molecule has 228 valence electrons. The van der Waals surface area contributed by atoms with Gasteiger partial charge in [0.2, 0.25) is 0 Å². The molecule has 4 bridgehead atoms. The van der Waals surface area contributed by atoms with E-state index in [1.165, 1.54) is 0 Å². The summed E-state index contributed by atoms with van der Waals surface area (Å²) in [5.41, 5.74) is 4.56. The zero-order valence-electron chi connectivity index (χ0n) is 25.7. The fourth-order valence-electron chi connectivity index (χ4n) is 9.69. The maximum atomic E-state index is 14.8. The van der Waals surface area contributed by atoms with Crippen LogP contribution < -0.4 is 0 Å². The predicted molar refractivity (Wildman–Crippen MR) is 164 cm³/mol. The highest BCUT2D eigenvalue weighted by Crippen LogP contribution is 2.65. The van der Waals surface area contributed by atoms with Crippen LogP contribution in [-0.4, -0.2) is 48.7 Å². The molecule has 4 fully saturated rings. The number of benzene rings is 1. The van der Waals surface area contributed by atoms with E-state index in [1.54, 1.807) is 19.2 Å². The molecule has 6 aliphatic rings.